The van der Waals surface area contributed by atoms with E-state index in [4.69, 9.17) is 10.5 Å². The first kappa shape index (κ1) is 14.5. The molecule has 7 nitrogen and oxygen atoms in total. The fraction of sp³-hybridized carbons (Fsp3) is 0.538. The Bertz CT molecular complexity index is 461. The van der Waals surface area contributed by atoms with E-state index in [0.29, 0.717) is 5.69 Å². The summed E-state index contributed by atoms with van der Waals surface area (Å²) in [4.78, 5) is 12.5. The number of nitrogen functional groups attached to an aromatic ring is 1. The normalized spacial score (nSPS) is 16.0. The number of nitro groups is 1. The number of rotatable bonds is 6. The molecule has 7 heteroatoms. The van der Waals surface area contributed by atoms with E-state index in [2.05, 4.69) is 10.2 Å². The van der Waals surface area contributed by atoms with Crippen LogP contribution in [-0.4, -0.2) is 49.2 Å². The van der Waals surface area contributed by atoms with Crippen molar-refractivity contribution in [2.24, 2.45) is 0 Å². The highest BCUT2D eigenvalue weighted by Crippen LogP contribution is 2.23. The lowest BCUT2D eigenvalue weighted by molar-refractivity contribution is -0.384. The van der Waals surface area contributed by atoms with Gasteiger partial charge < -0.3 is 15.8 Å². The molecule has 1 aromatic carbocycles. The Hall–Kier alpha value is -1.86. The lowest BCUT2D eigenvalue weighted by atomic mass is 10.2. The summed E-state index contributed by atoms with van der Waals surface area (Å²) < 4.78 is 5.29. The third-order valence-electron chi connectivity index (χ3n) is 3.32. The predicted molar refractivity (Wildman–Crippen MR) is 77.9 cm³/mol. The van der Waals surface area contributed by atoms with Crippen LogP contribution in [0.3, 0.4) is 0 Å². The average molecular weight is 280 g/mol. The number of nitrogens with one attached hydrogen (secondary N) is 1. The van der Waals surface area contributed by atoms with Crippen LogP contribution in [-0.2, 0) is 4.74 Å². The van der Waals surface area contributed by atoms with Gasteiger partial charge in [-0.2, -0.15) is 0 Å². The Morgan fingerprint density at radius 3 is 2.80 bits per heavy atom. The number of hydrogen-bond acceptors (Lipinski definition) is 6. The van der Waals surface area contributed by atoms with E-state index in [9.17, 15) is 10.1 Å². The minimum Gasteiger partial charge on any atom is -0.397 e. The molecule has 0 amide bonds. The average Bonchev–Trinajstić information content (AvgIpc) is 2.46. The molecule has 0 saturated carbocycles. The topological polar surface area (TPSA) is 93.7 Å². The van der Waals surface area contributed by atoms with Crippen molar-refractivity contribution in [1.29, 1.82) is 0 Å². The molecule has 3 N–H and O–H groups in total. The molecule has 20 heavy (non-hydrogen) atoms. The van der Waals surface area contributed by atoms with Crippen molar-refractivity contribution in [2.75, 3.05) is 50.4 Å². The van der Waals surface area contributed by atoms with Gasteiger partial charge in [-0.15, -0.1) is 0 Å². The molecule has 1 aliphatic heterocycles. The standard InChI is InChI=1S/C13H20N4O3/c14-12-10-11(17(18)19)2-3-13(12)15-4-1-5-16-6-8-20-9-7-16/h2-3,10,15H,1,4-9,14H2. The molecule has 0 unspecified atom stereocenters. The zero-order valence-electron chi connectivity index (χ0n) is 11.4. The summed E-state index contributed by atoms with van der Waals surface area (Å²) in [5.74, 6) is 0. The maximum absolute atomic E-state index is 10.6. The van der Waals surface area contributed by atoms with Gasteiger partial charge in [-0.05, 0) is 19.0 Å². The molecule has 1 aliphatic rings. The van der Waals surface area contributed by atoms with Crippen LogP contribution in [0.1, 0.15) is 6.42 Å². The number of anilines is 2. The SMILES string of the molecule is Nc1cc([N+](=O)[O-])ccc1NCCCN1CCOCC1. The van der Waals surface area contributed by atoms with E-state index in [-0.39, 0.29) is 5.69 Å². The number of benzene rings is 1. The van der Waals surface area contributed by atoms with E-state index < -0.39 is 4.92 Å². The minimum atomic E-state index is -0.446. The third-order valence-corrected chi connectivity index (χ3v) is 3.32. The summed E-state index contributed by atoms with van der Waals surface area (Å²) in [6, 6.07) is 4.49. The molecular weight excluding hydrogens is 260 g/mol. The van der Waals surface area contributed by atoms with Crippen molar-refractivity contribution in [3.05, 3.63) is 28.3 Å². The van der Waals surface area contributed by atoms with Crippen molar-refractivity contribution >= 4 is 17.1 Å². The van der Waals surface area contributed by atoms with Gasteiger partial charge in [0.1, 0.15) is 0 Å². The maximum Gasteiger partial charge on any atom is 0.271 e. The molecule has 1 aromatic rings. The fourth-order valence-corrected chi connectivity index (χ4v) is 2.18. The lowest BCUT2D eigenvalue weighted by Gasteiger charge is -2.26. The van der Waals surface area contributed by atoms with Gasteiger partial charge in [-0.25, -0.2) is 0 Å². The quantitative estimate of drug-likeness (QED) is 0.353. The molecule has 0 atom stereocenters. The van der Waals surface area contributed by atoms with Gasteiger partial charge in [-0.1, -0.05) is 0 Å². The number of nitro benzene ring substituents is 1. The Kier molecular flexibility index (Phi) is 5.14. The van der Waals surface area contributed by atoms with Crippen molar-refractivity contribution in [1.82, 2.24) is 4.90 Å². The van der Waals surface area contributed by atoms with Crippen LogP contribution in [0.25, 0.3) is 0 Å². The molecule has 0 aromatic heterocycles. The molecule has 0 bridgehead atoms. The van der Waals surface area contributed by atoms with Crippen LogP contribution in [0.15, 0.2) is 18.2 Å². The fourth-order valence-electron chi connectivity index (χ4n) is 2.18. The highest BCUT2D eigenvalue weighted by Gasteiger charge is 2.10. The van der Waals surface area contributed by atoms with Gasteiger partial charge >= 0.3 is 0 Å². The Balaban J connectivity index is 1.74. The molecular formula is C13H20N4O3. The van der Waals surface area contributed by atoms with E-state index in [1.807, 2.05) is 0 Å². The van der Waals surface area contributed by atoms with Gasteiger partial charge in [-0.3, -0.25) is 15.0 Å². The Morgan fingerprint density at radius 2 is 2.15 bits per heavy atom. The molecule has 0 spiro atoms. The summed E-state index contributed by atoms with van der Waals surface area (Å²) in [5.41, 5.74) is 6.96. The van der Waals surface area contributed by atoms with Crippen molar-refractivity contribution in [3.63, 3.8) is 0 Å². The number of ether oxygens (including phenoxy) is 1. The second-order valence-corrected chi connectivity index (χ2v) is 4.76. The zero-order chi connectivity index (χ0) is 14.4. The molecule has 1 heterocycles. The third kappa shape index (κ3) is 4.07. The first-order chi connectivity index (χ1) is 9.66. The van der Waals surface area contributed by atoms with Crippen molar-refractivity contribution in [3.8, 4) is 0 Å². The molecule has 1 saturated heterocycles. The summed E-state index contributed by atoms with van der Waals surface area (Å²) in [7, 11) is 0. The highest BCUT2D eigenvalue weighted by molar-refractivity contribution is 5.69. The Labute approximate surface area is 117 Å². The molecule has 0 radical (unpaired) electrons. The first-order valence-corrected chi connectivity index (χ1v) is 6.75. The molecule has 110 valence electrons. The van der Waals surface area contributed by atoms with Gasteiger partial charge in [0.15, 0.2) is 0 Å². The van der Waals surface area contributed by atoms with Crippen molar-refractivity contribution < 1.29 is 9.66 Å². The van der Waals surface area contributed by atoms with Crippen LogP contribution in [0.2, 0.25) is 0 Å². The summed E-state index contributed by atoms with van der Waals surface area (Å²) >= 11 is 0. The van der Waals surface area contributed by atoms with E-state index in [1.165, 1.54) is 12.1 Å². The van der Waals surface area contributed by atoms with Crippen LogP contribution in [0.5, 0.6) is 0 Å². The largest absolute Gasteiger partial charge is 0.397 e. The summed E-state index contributed by atoms with van der Waals surface area (Å²) in [6.45, 7) is 5.40. The summed E-state index contributed by atoms with van der Waals surface area (Å²) in [5, 5.41) is 13.8. The number of morpholine rings is 1. The summed E-state index contributed by atoms with van der Waals surface area (Å²) in [6.07, 6.45) is 0.996. The van der Waals surface area contributed by atoms with Crippen LogP contribution < -0.4 is 11.1 Å². The molecule has 2 rings (SSSR count). The van der Waals surface area contributed by atoms with Gasteiger partial charge in [0, 0.05) is 31.8 Å². The zero-order valence-corrected chi connectivity index (χ0v) is 11.4. The van der Waals surface area contributed by atoms with Crippen LogP contribution >= 0.6 is 0 Å². The second kappa shape index (κ2) is 7.06. The van der Waals surface area contributed by atoms with E-state index in [1.54, 1.807) is 6.07 Å². The number of nitrogens with zero attached hydrogens (tertiary/aromatic N) is 2. The smallest absolute Gasteiger partial charge is 0.271 e. The van der Waals surface area contributed by atoms with Crippen molar-refractivity contribution in [2.45, 2.75) is 6.42 Å². The number of nitrogens with two attached hydrogens (primary N) is 1. The molecule has 0 aliphatic carbocycles. The monoisotopic (exact) mass is 280 g/mol. The van der Waals surface area contributed by atoms with E-state index >= 15 is 0 Å². The maximum atomic E-state index is 10.6. The van der Waals surface area contributed by atoms with Gasteiger partial charge in [0.2, 0.25) is 0 Å². The number of non-ortho nitro benzene ring substituents is 1. The van der Waals surface area contributed by atoms with Gasteiger partial charge in [0.25, 0.3) is 5.69 Å². The second-order valence-electron chi connectivity index (χ2n) is 4.76. The Morgan fingerprint density at radius 1 is 1.40 bits per heavy atom. The highest BCUT2D eigenvalue weighted by atomic mass is 16.6. The van der Waals surface area contributed by atoms with Crippen LogP contribution in [0, 0.1) is 10.1 Å². The number of hydrogen-bond donors (Lipinski definition) is 2. The minimum absolute atomic E-state index is 0.0152. The molecule has 1 fully saturated rings. The van der Waals surface area contributed by atoms with Gasteiger partial charge in [0.05, 0.1) is 29.5 Å². The van der Waals surface area contributed by atoms with E-state index in [0.717, 1.165) is 51.5 Å². The van der Waals surface area contributed by atoms with Crippen LogP contribution in [0.4, 0.5) is 17.1 Å². The first-order valence-electron chi connectivity index (χ1n) is 6.75. The predicted octanol–water partition coefficient (Wildman–Crippen LogP) is 1.31. The lowest BCUT2D eigenvalue weighted by Crippen LogP contribution is -2.37.